The van der Waals surface area contributed by atoms with Crippen LogP contribution in [-0.4, -0.2) is 28.1 Å². The Bertz CT molecular complexity index is 568. The van der Waals surface area contributed by atoms with Crippen LogP contribution in [0.15, 0.2) is 35.1 Å². The Kier molecular flexibility index (Phi) is 4.34. The zero-order chi connectivity index (χ0) is 14.5. The predicted molar refractivity (Wildman–Crippen MR) is 73.9 cm³/mol. The lowest BCUT2D eigenvalue weighted by Crippen LogP contribution is -2.38. The van der Waals surface area contributed by atoms with E-state index in [4.69, 9.17) is 4.52 Å². The molecule has 0 aliphatic heterocycles. The highest BCUT2D eigenvalue weighted by molar-refractivity contribution is 5.74. The van der Waals surface area contributed by atoms with Crippen molar-refractivity contribution in [2.24, 2.45) is 0 Å². The molecule has 2 amide bonds. The first-order valence-electron chi connectivity index (χ1n) is 6.40. The number of hydrogen-bond acceptors (Lipinski definition) is 4. The Labute approximate surface area is 117 Å². The molecule has 0 aromatic carbocycles. The van der Waals surface area contributed by atoms with E-state index in [1.807, 2.05) is 32.0 Å². The number of nitrogens with one attached hydrogen (secondary N) is 1. The fraction of sp³-hybridized carbons (Fsp3) is 0.357. The van der Waals surface area contributed by atoms with E-state index in [1.54, 1.807) is 24.3 Å². The van der Waals surface area contributed by atoms with Gasteiger partial charge in [0.15, 0.2) is 0 Å². The van der Waals surface area contributed by atoms with E-state index in [1.165, 1.54) is 0 Å². The van der Waals surface area contributed by atoms with Gasteiger partial charge in [-0.2, -0.15) is 0 Å². The molecule has 106 valence electrons. The van der Waals surface area contributed by atoms with Gasteiger partial charge in [0, 0.05) is 25.5 Å². The van der Waals surface area contributed by atoms with Gasteiger partial charge in [0.1, 0.15) is 11.5 Å². The highest BCUT2D eigenvalue weighted by atomic mass is 16.5. The third-order valence-corrected chi connectivity index (χ3v) is 2.95. The van der Waals surface area contributed by atoms with Gasteiger partial charge in [0.25, 0.3) is 0 Å². The molecule has 20 heavy (non-hydrogen) atoms. The first-order chi connectivity index (χ1) is 9.56. The van der Waals surface area contributed by atoms with Gasteiger partial charge in [0.2, 0.25) is 0 Å². The second-order valence-corrected chi connectivity index (χ2v) is 4.74. The molecule has 1 atom stereocenters. The smallest absolute Gasteiger partial charge is 0.317 e. The maximum Gasteiger partial charge on any atom is 0.317 e. The van der Waals surface area contributed by atoms with Gasteiger partial charge in [-0.05, 0) is 25.5 Å². The molecule has 0 radical (unpaired) electrons. The van der Waals surface area contributed by atoms with Crippen molar-refractivity contribution in [1.29, 1.82) is 0 Å². The molecule has 6 nitrogen and oxygen atoms in total. The molecule has 0 aliphatic carbocycles. The summed E-state index contributed by atoms with van der Waals surface area (Å²) in [7, 11) is 1.72. The topological polar surface area (TPSA) is 71.3 Å². The number of aryl methyl sites for hydroxylation is 1. The number of carbonyl (C=O) groups is 1. The maximum atomic E-state index is 12.1. The summed E-state index contributed by atoms with van der Waals surface area (Å²) in [6.07, 6.45) is 3.45. The molecule has 2 rings (SSSR count). The average Bonchev–Trinajstić information content (AvgIpc) is 2.85. The Morgan fingerprint density at radius 1 is 1.55 bits per heavy atom. The van der Waals surface area contributed by atoms with E-state index in [-0.39, 0.29) is 12.1 Å². The van der Waals surface area contributed by atoms with Crippen LogP contribution in [0.5, 0.6) is 0 Å². The molecule has 2 aromatic rings. The van der Waals surface area contributed by atoms with E-state index >= 15 is 0 Å². The molecule has 0 bridgehead atoms. The number of hydrogen-bond donors (Lipinski definition) is 1. The number of aromatic nitrogens is 2. The number of amides is 2. The standard InChI is InChI=1S/C14H18N4O2/c1-10-7-13(17-20-10)9-18(3)14(19)16-11(2)12-5-4-6-15-8-12/h4-8,11H,9H2,1-3H3,(H,16,19). The maximum absolute atomic E-state index is 12.1. The quantitative estimate of drug-likeness (QED) is 0.928. The van der Waals surface area contributed by atoms with Crippen molar-refractivity contribution in [3.63, 3.8) is 0 Å². The first-order valence-corrected chi connectivity index (χ1v) is 6.40. The Balaban J connectivity index is 1.91. The molecule has 2 aromatic heterocycles. The van der Waals surface area contributed by atoms with Crippen LogP contribution in [0.25, 0.3) is 0 Å². The molecular weight excluding hydrogens is 256 g/mol. The average molecular weight is 274 g/mol. The summed E-state index contributed by atoms with van der Waals surface area (Å²) < 4.78 is 4.98. The lowest BCUT2D eigenvalue weighted by molar-refractivity contribution is 0.202. The van der Waals surface area contributed by atoms with E-state index in [0.717, 1.165) is 17.0 Å². The predicted octanol–water partition coefficient (Wildman–Crippen LogP) is 2.28. The van der Waals surface area contributed by atoms with Crippen LogP contribution in [0.3, 0.4) is 0 Å². The molecule has 0 saturated carbocycles. The molecule has 0 saturated heterocycles. The van der Waals surface area contributed by atoms with Gasteiger partial charge in [-0.1, -0.05) is 11.2 Å². The largest absolute Gasteiger partial charge is 0.361 e. The van der Waals surface area contributed by atoms with Gasteiger partial charge >= 0.3 is 6.03 Å². The van der Waals surface area contributed by atoms with Gasteiger partial charge in [-0.15, -0.1) is 0 Å². The molecule has 1 N–H and O–H groups in total. The monoisotopic (exact) mass is 274 g/mol. The van der Waals surface area contributed by atoms with Crippen LogP contribution in [0.4, 0.5) is 4.79 Å². The summed E-state index contributed by atoms with van der Waals surface area (Å²) in [5.74, 6) is 0.734. The molecule has 0 fully saturated rings. The molecule has 1 unspecified atom stereocenters. The SMILES string of the molecule is Cc1cc(CN(C)C(=O)NC(C)c2cccnc2)no1. The Morgan fingerprint density at radius 2 is 2.35 bits per heavy atom. The molecule has 2 heterocycles. The minimum Gasteiger partial charge on any atom is -0.361 e. The van der Waals surface area contributed by atoms with Gasteiger partial charge < -0.3 is 14.7 Å². The third-order valence-electron chi connectivity index (χ3n) is 2.95. The lowest BCUT2D eigenvalue weighted by atomic mass is 10.1. The van der Waals surface area contributed by atoms with Crippen molar-refractivity contribution in [2.45, 2.75) is 26.4 Å². The Hall–Kier alpha value is -2.37. The molecule has 6 heteroatoms. The summed E-state index contributed by atoms with van der Waals surface area (Å²) in [6.45, 7) is 4.15. The normalized spacial score (nSPS) is 11.9. The van der Waals surface area contributed by atoms with E-state index in [2.05, 4.69) is 15.5 Å². The summed E-state index contributed by atoms with van der Waals surface area (Å²) in [4.78, 5) is 17.7. The Morgan fingerprint density at radius 3 is 2.95 bits per heavy atom. The lowest BCUT2D eigenvalue weighted by Gasteiger charge is -2.20. The molecular formula is C14H18N4O2. The van der Waals surface area contributed by atoms with Crippen molar-refractivity contribution in [2.75, 3.05) is 7.05 Å². The van der Waals surface area contributed by atoms with E-state index in [0.29, 0.717) is 6.54 Å². The number of pyridine rings is 1. The van der Waals surface area contributed by atoms with Crippen LogP contribution < -0.4 is 5.32 Å². The van der Waals surface area contributed by atoms with E-state index in [9.17, 15) is 4.79 Å². The number of urea groups is 1. The summed E-state index contributed by atoms with van der Waals surface area (Å²) in [5.41, 5.74) is 1.70. The molecule has 0 aliphatic rings. The zero-order valence-corrected chi connectivity index (χ0v) is 11.8. The van der Waals surface area contributed by atoms with Gasteiger partial charge in [-0.3, -0.25) is 4.98 Å². The van der Waals surface area contributed by atoms with Crippen molar-refractivity contribution < 1.29 is 9.32 Å². The fourth-order valence-electron chi connectivity index (χ4n) is 1.82. The summed E-state index contributed by atoms with van der Waals surface area (Å²) in [5, 5.41) is 6.78. The van der Waals surface area contributed by atoms with Gasteiger partial charge in [0.05, 0.1) is 12.6 Å². The second kappa shape index (κ2) is 6.18. The molecule has 0 spiro atoms. The number of nitrogens with zero attached hydrogens (tertiary/aromatic N) is 3. The van der Waals surface area contributed by atoms with Crippen LogP contribution >= 0.6 is 0 Å². The highest BCUT2D eigenvalue weighted by Crippen LogP contribution is 2.11. The zero-order valence-electron chi connectivity index (χ0n) is 11.8. The summed E-state index contributed by atoms with van der Waals surface area (Å²) >= 11 is 0. The van der Waals surface area contributed by atoms with Crippen LogP contribution in [0, 0.1) is 6.92 Å². The van der Waals surface area contributed by atoms with Crippen LogP contribution in [0.1, 0.15) is 30.0 Å². The minimum atomic E-state index is -0.165. The van der Waals surface area contributed by atoms with Crippen molar-refractivity contribution in [3.8, 4) is 0 Å². The first kappa shape index (κ1) is 14.0. The highest BCUT2D eigenvalue weighted by Gasteiger charge is 2.14. The summed E-state index contributed by atoms with van der Waals surface area (Å²) in [6, 6.07) is 5.33. The third kappa shape index (κ3) is 3.57. The van der Waals surface area contributed by atoms with E-state index < -0.39 is 0 Å². The number of rotatable bonds is 4. The van der Waals surface area contributed by atoms with Gasteiger partial charge in [-0.25, -0.2) is 4.79 Å². The van der Waals surface area contributed by atoms with Crippen LogP contribution in [-0.2, 0) is 6.54 Å². The van der Waals surface area contributed by atoms with Crippen molar-refractivity contribution in [1.82, 2.24) is 20.4 Å². The number of carbonyl (C=O) groups excluding carboxylic acids is 1. The minimum absolute atomic E-state index is 0.0994. The van der Waals surface area contributed by atoms with Crippen molar-refractivity contribution >= 4 is 6.03 Å². The van der Waals surface area contributed by atoms with Crippen molar-refractivity contribution in [3.05, 3.63) is 47.6 Å². The fourth-order valence-corrected chi connectivity index (χ4v) is 1.82. The van der Waals surface area contributed by atoms with Crippen LogP contribution in [0.2, 0.25) is 0 Å². The second-order valence-electron chi connectivity index (χ2n) is 4.74.